The predicted molar refractivity (Wildman–Crippen MR) is 132 cm³/mol. The molecule has 1 aliphatic rings. The summed E-state index contributed by atoms with van der Waals surface area (Å²) in [5.41, 5.74) is 2.21. The van der Waals surface area contributed by atoms with Crippen LogP contribution in [0.5, 0.6) is 5.75 Å². The number of nitrogens with zero attached hydrogens (tertiary/aromatic N) is 1. The first-order chi connectivity index (χ1) is 16.0. The quantitative estimate of drug-likeness (QED) is 0.460. The smallest absolute Gasteiger partial charge is 0.318 e. The van der Waals surface area contributed by atoms with Gasteiger partial charge in [-0.3, -0.25) is 4.79 Å². The summed E-state index contributed by atoms with van der Waals surface area (Å²) in [5, 5.41) is 5.81. The second-order valence-corrected chi connectivity index (χ2v) is 8.90. The van der Waals surface area contributed by atoms with Crippen molar-refractivity contribution in [2.24, 2.45) is 0 Å². The molecule has 172 valence electrons. The minimum atomic E-state index is -0.327. The SMILES string of the molecule is COc1ccc(CCCC(=O)C2CCCN2C(=O)NCc2cccc3cc(Cl)ccc23)cc1. The zero-order valence-corrected chi connectivity index (χ0v) is 19.6. The second kappa shape index (κ2) is 10.7. The molecule has 1 atom stereocenters. The van der Waals surface area contributed by atoms with Gasteiger partial charge in [-0.05, 0) is 71.8 Å². The molecule has 33 heavy (non-hydrogen) atoms. The van der Waals surface area contributed by atoms with Crippen LogP contribution in [-0.4, -0.2) is 36.4 Å². The molecule has 0 aromatic heterocycles. The maximum absolute atomic E-state index is 12.9. The van der Waals surface area contributed by atoms with Crippen LogP contribution < -0.4 is 10.1 Å². The fourth-order valence-electron chi connectivity index (χ4n) is 4.52. The molecule has 0 bridgehead atoms. The molecule has 3 aromatic carbocycles. The first-order valence-electron chi connectivity index (χ1n) is 11.4. The fourth-order valence-corrected chi connectivity index (χ4v) is 4.70. The summed E-state index contributed by atoms with van der Waals surface area (Å²) < 4.78 is 5.18. The number of fused-ring (bicyclic) bond motifs is 1. The minimum absolute atomic E-state index is 0.149. The van der Waals surface area contributed by atoms with Gasteiger partial charge in [0.1, 0.15) is 5.75 Å². The van der Waals surface area contributed by atoms with Crippen LogP contribution in [0.1, 0.15) is 36.8 Å². The van der Waals surface area contributed by atoms with Crippen LogP contribution in [0.15, 0.2) is 60.7 Å². The van der Waals surface area contributed by atoms with Crippen LogP contribution in [0.3, 0.4) is 0 Å². The third-order valence-corrected chi connectivity index (χ3v) is 6.53. The topological polar surface area (TPSA) is 58.6 Å². The number of Topliss-reactive ketones (excluding diaryl/α,β-unsaturated/α-hetero) is 1. The van der Waals surface area contributed by atoms with Crippen molar-refractivity contribution in [2.45, 2.75) is 44.7 Å². The van der Waals surface area contributed by atoms with Crippen molar-refractivity contribution in [3.8, 4) is 5.75 Å². The van der Waals surface area contributed by atoms with Gasteiger partial charge in [0.15, 0.2) is 5.78 Å². The van der Waals surface area contributed by atoms with Gasteiger partial charge in [-0.15, -0.1) is 0 Å². The first kappa shape index (κ1) is 23.1. The van der Waals surface area contributed by atoms with E-state index >= 15 is 0 Å². The molecule has 6 heteroatoms. The Hall–Kier alpha value is -3.05. The minimum Gasteiger partial charge on any atom is -0.497 e. The Morgan fingerprint density at radius 2 is 1.94 bits per heavy atom. The van der Waals surface area contributed by atoms with Gasteiger partial charge in [0.2, 0.25) is 0 Å². The zero-order chi connectivity index (χ0) is 23.2. The summed E-state index contributed by atoms with van der Waals surface area (Å²) in [7, 11) is 1.65. The monoisotopic (exact) mass is 464 g/mol. The number of methoxy groups -OCH3 is 1. The van der Waals surface area contributed by atoms with E-state index in [1.807, 2.05) is 60.7 Å². The van der Waals surface area contributed by atoms with Gasteiger partial charge in [0.05, 0.1) is 13.2 Å². The van der Waals surface area contributed by atoms with E-state index in [1.165, 1.54) is 5.56 Å². The van der Waals surface area contributed by atoms with Crippen molar-refractivity contribution in [1.82, 2.24) is 10.2 Å². The van der Waals surface area contributed by atoms with E-state index in [-0.39, 0.29) is 17.9 Å². The van der Waals surface area contributed by atoms with Crippen molar-refractivity contribution in [3.05, 3.63) is 76.8 Å². The number of carbonyl (C=O) groups excluding carboxylic acids is 2. The maximum atomic E-state index is 12.9. The van der Waals surface area contributed by atoms with Gasteiger partial charge in [0.25, 0.3) is 0 Å². The number of urea groups is 1. The average molecular weight is 465 g/mol. The lowest BCUT2D eigenvalue weighted by molar-refractivity contribution is -0.122. The van der Waals surface area contributed by atoms with Crippen LogP contribution in [0.4, 0.5) is 4.79 Å². The van der Waals surface area contributed by atoms with Gasteiger partial charge in [-0.2, -0.15) is 0 Å². The number of ether oxygens (including phenoxy) is 1. The van der Waals surface area contributed by atoms with E-state index in [2.05, 4.69) is 5.32 Å². The Labute approximate surface area is 199 Å². The molecule has 1 N–H and O–H groups in total. The summed E-state index contributed by atoms with van der Waals surface area (Å²) in [4.78, 5) is 27.5. The summed E-state index contributed by atoms with van der Waals surface area (Å²) in [6.45, 7) is 1.03. The Kier molecular flexibility index (Phi) is 7.50. The normalized spacial score (nSPS) is 15.6. The van der Waals surface area contributed by atoms with Crippen molar-refractivity contribution in [3.63, 3.8) is 0 Å². The van der Waals surface area contributed by atoms with Crippen molar-refractivity contribution in [1.29, 1.82) is 0 Å². The summed E-state index contributed by atoms with van der Waals surface area (Å²) in [6, 6.07) is 19.2. The fraction of sp³-hybridized carbons (Fsp3) is 0.333. The van der Waals surface area contributed by atoms with E-state index in [0.717, 1.165) is 47.8 Å². The van der Waals surface area contributed by atoms with Crippen LogP contribution in [0.2, 0.25) is 5.02 Å². The molecule has 0 saturated carbocycles. The highest BCUT2D eigenvalue weighted by Gasteiger charge is 2.33. The van der Waals surface area contributed by atoms with Crippen LogP contribution >= 0.6 is 11.6 Å². The number of carbonyl (C=O) groups is 2. The number of hydrogen-bond acceptors (Lipinski definition) is 3. The number of aryl methyl sites for hydroxylation is 1. The molecule has 0 aliphatic carbocycles. The lowest BCUT2D eigenvalue weighted by Crippen LogP contribution is -2.45. The number of hydrogen-bond donors (Lipinski definition) is 1. The third kappa shape index (κ3) is 5.66. The largest absolute Gasteiger partial charge is 0.497 e. The van der Waals surface area contributed by atoms with Gasteiger partial charge in [-0.1, -0.05) is 48.0 Å². The summed E-state index contributed by atoms with van der Waals surface area (Å²) >= 11 is 6.10. The Balaban J connectivity index is 1.31. The van der Waals surface area contributed by atoms with Gasteiger partial charge < -0.3 is 15.0 Å². The number of likely N-dealkylation sites (tertiary alicyclic amines) is 1. The Morgan fingerprint density at radius 1 is 1.12 bits per heavy atom. The maximum Gasteiger partial charge on any atom is 0.318 e. The van der Waals surface area contributed by atoms with Crippen LogP contribution in [0, 0.1) is 0 Å². The number of amides is 2. The van der Waals surface area contributed by atoms with Crippen molar-refractivity contribution in [2.75, 3.05) is 13.7 Å². The van der Waals surface area contributed by atoms with E-state index in [1.54, 1.807) is 12.0 Å². The molecule has 1 aliphatic heterocycles. The highest BCUT2D eigenvalue weighted by atomic mass is 35.5. The molecule has 1 saturated heterocycles. The van der Waals surface area contributed by atoms with Gasteiger partial charge >= 0.3 is 6.03 Å². The summed E-state index contributed by atoms with van der Waals surface area (Å²) in [6.07, 6.45) is 3.68. The number of halogens is 1. The average Bonchev–Trinajstić information content (AvgIpc) is 3.33. The molecule has 1 fully saturated rings. The highest BCUT2D eigenvalue weighted by molar-refractivity contribution is 6.31. The third-order valence-electron chi connectivity index (χ3n) is 6.30. The van der Waals surface area contributed by atoms with Crippen LogP contribution in [-0.2, 0) is 17.8 Å². The second-order valence-electron chi connectivity index (χ2n) is 8.46. The van der Waals surface area contributed by atoms with Crippen molar-refractivity contribution < 1.29 is 14.3 Å². The zero-order valence-electron chi connectivity index (χ0n) is 18.9. The van der Waals surface area contributed by atoms with Gasteiger partial charge in [0, 0.05) is 24.5 Å². The number of ketones is 1. The molecule has 1 unspecified atom stereocenters. The molecular weight excluding hydrogens is 436 g/mol. The molecular formula is C27H29ClN2O3. The lowest BCUT2D eigenvalue weighted by atomic mass is 10.0. The molecule has 1 heterocycles. The lowest BCUT2D eigenvalue weighted by Gasteiger charge is -2.24. The summed E-state index contributed by atoms with van der Waals surface area (Å²) in [5.74, 6) is 0.977. The molecule has 0 spiro atoms. The first-order valence-corrected chi connectivity index (χ1v) is 11.8. The van der Waals surface area contributed by atoms with E-state index in [4.69, 9.17) is 16.3 Å². The number of rotatable bonds is 8. The van der Waals surface area contributed by atoms with Crippen molar-refractivity contribution >= 4 is 34.2 Å². The Morgan fingerprint density at radius 3 is 2.73 bits per heavy atom. The molecule has 0 radical (unpaired) electrons. The molecule has 2 amide bonds. The number of nitrogens with one attached hydrogen (secondary N) is 1. The molecule has 3 aromatic rings. The van der Waals surface area contributed by atoms with E-state index in [9.17, 15) is 9.59 Å². The standard InChI is InChI=1S/C27H29ClN2O3/c1-33-23-13-10-19(11-14-23)5-2-9-26(31)25-8-4-16-30(25)27(32)29-18-21-7-3-6-20-17-22(28)12-15-24(20)21/h3,6-7,10-15,17,25H,2,4-5,8-9,16,18H2,1H3,(H,29,32). The van der Waals surface area contributed by atoms with Gasteiger partial charge in [-0.25, -0.2) is 4.79 Å². The van der Waals surface area contributed by atoms with Crippen LogP contribution in [0.25, 0.3) is 10.8 Å². The molecule has 5 nitrogen and oxygen atoms in total. The number of benzene rings is 3. The predicted octanol–water partition coefficient (Wildman–Crippen LogP) is 5.77. The molecule has 4 rings (SSSR count). The van der Waals surface area contributed by atoms with E-state index < -0.39 is 0 Å². The highest BCUT2D eigenvalue weighted by Crippen LogP contribution is 2.24. The van der Waals surface area contributed by atoms with E-state index in [0.29, 0.717) is 24.5 Å². The Bertz CT molecular complexity index is 1130.